The summed E-state index contributed by atoms with van der Waals surface area (Å²) in [6, 6.07) is 4.10. The van der Waals surface area contributed by atoms with Gasteiger partial charge in [-0.15, -0.1) is 0 Å². The summed E-state index contributed by atoms with van der Waals surface area (Å²) in [4.78, 5) is 0. The molecule has 2 rings (SSSR count). The molecule has 1 atom stereocenters. The van der Waals surface area contributed by atoms with E-state index < -0.39 is 5.60 Å². The van der Waals surface area contributed by atoms with Gasteiger partial charge in [0.25, 0.3) is 0 Å². The van der Waals surface area contributed by atoms with Gasteiger partial charge in [-0.3, -0.25) is 0 Å². The highest BCUT2D eigenvalue weighted by Crippen LogP contribution is 2.21. The standard InChI is InChI=1S/C11H18N2O/c1-13-7-2-4-10(13)8-11(14)5-3-6-12-9-11/h2,4,7,12,14H,3,5-6,8-9H2,1H3. The van der Waals surface area contributed by atoms with Crippen molar-refractivity contribution in [2.45, 2.75) is 24.9 Å². The highest BCUT2D eigenvalue weighted by molar-refractivity contribution is 5.10. The van der Waals surface area contributed by atoms with Gasteiger partial charge in [0, 0.05) is 31.9 Å². The number of piperidine rings is 1. The van der Waals surface area contributed by atoms with Crippen LogP contribution in [0.2, 0.25) is 0 Å². The van der Waals surface area contributed by atoms with Crippen LogP contribution in [0.4, 0.5) is 0 Å². The molecule has 1 saturated heterocycles. The maximum Gasteiger partial charge on any atom is 0.0826 e. The number of nitrogens with zero attached hydrogens (tertiary/aromatic N) is 1. The minimum Gasteiger partial charge on any atom is -0.388 e. The minimum atomic E-state index is -0.537. The largest absolute Gasteiger partial charge is 0.388 e. The van der Waals surface area contributed by atoms with Crippen molar-refractivity contribution in [3.05, 3.63) is 24.0 Å². The molecule has 0 spiro atoms. The zero-order valence-electron chi connectivity index (χ0n) is 8.66. The predicted octanol–water partition coefficient (Wildman–Crippen LogP) is 0.682. The molecule has 1 aliphatic rings. The molecule has 3 heteroatoms. The third-order valence-corrected chi connectivity index (χ3v) is 3.01. The predicted molar refractivity (Wildman–Crippen MR) is 56.2 cm³/mol. The molecule has 1 aliphatic heterocycles. The average Bonchev–Trinajstić information content (AvgIpc) is 2.52. The van der Waals surface area contributed by atoms with Gasteiger partial charge >= 0.3 is 0 Å². The monoisotopic (exact) mass is 194 g/mol. The van der Waals surface area contributed by atoms with Gasteiger partial charge in [0.2, 0.25) is 0 Å². The Balaban J connectivity index is 2.05. The Bertz CT molecular complexity index is 300. The van der Waals surface area contributed by atoms with Crippen molar-refractivity contribution >= 4 is 0 Å². The third-order valence-electron chi connectivity index (χ3n) is 3.01. The number of aliphatic hydroxyl groups is 1. The van der Waals surface area contributed by atoms with Crippen LogP contribution in [0.25, 0.3) is 0 Å². The summed E-state index contributed by atoms with van der Waals surface area (Å²) in [5.41, 5.74) is 0.667. The SMILES string of the molecule is Cn1cccc1CC1(O)CCCNC1. The fraction of sp³-hybridized carbons (Fsp3) is 0.636. The van der Waals surface area contributed by atoms with E-state index in [1.807, 2.05) is 19.3 Å². The second kappa shape index (κ2) is 3.75. The Labute approximate surface area is 84.7 Å². The first-order valence-corrected chi connectivity index (χ1v) is 5.23. The summed E-state index contributed by atoms with van der Waals surface area (Å²) in [6.45, 7) is 1.76. The molecular formula is C11H18N2O. The van der Waals surface area contributed by atoms with Crippen LogP contribution in [0.5, 0.6) is 0 Å². The molecule has 1 fully saturated rings. The zero-order chi connectivity index (χ0) is 10.0. The molecule has 1 aromatic heterocycles. The van der Waals surface area contributed by atoms with Gasteiger partial charge in [0.1, 0.15) is 0 Å². The molecule has 0 saturated carbocycles. The Morgan fingerprint density at radius 3 is 3.07 bits per heavy atom. The van der Waals surface area contributed by atoms with Crippen molar-refractivity contribution in [3.8, 4) is 0 Å². The first-order valence-electron chi connectivity index (χ1n) is 5.23. The lowest BCUT2D eigenvalue weighted by molar-refractivity contribution is 0.0155. The highest BCUT2D eigenvalue weighted by Gasteiger charge is 2.29. The molecule has 3 nitrogen and oxygen atoms in total. The lowest BCUT2D eigenvalue weighted by Gasteiger charge is -2.32. The maximum absolute atomic E-state index is 10.3. The minimum absolute atomic E-state index is 0.537. The summed E-state index contributed by atoms with van der Waals surface area (Å²) in [7, 11) is 2.02. The zero-order valence-corrected chi connectivity index (χ0v) is 8.66. The Morgan fingerprint density at radius 1 is 1.64 bits per heavy atom. The Morgan fingerprint density at radius 2 is 2.50 bits per heavy atom. The second-order valence-corrected chi connectivity index (χ2v) is 4.29. The molecule has 0 bridgehead atoms. The number of hydrogen-bond donors (Lipinski definition) is 2. The number of β-amino-alcohol motifs (C(OH)–C–C–N with tert-alkyl or cyclic N) is 1. The van der Waals surface area contributed by atoms with Crippen LogP contribution >= 0.6 is 0 Å². The van der Waals surface area contributed by atoms with Crippen molar-refractivity contribution in [3.63, 3.8) is 0 Å². The van der Waals surface area contributed by atoms with E-state index in [1.54, 1.807) is 0 Å². The fourth-order valence-corrected chi connectivity index (χ4v) is 2.12. The van der Waals surface area contributed by atoms with Crippen LogP contribution in [-0.2, 0) is 13.5 Å². The lowest BCUT2D eigenvalue weighted by atomic mass is 9.89. The lowest BCUT2D eigenvalue weighted by Crippen LogP contribution is -2.47. The summed E-state index contributed by atoms with van der Waals surface area (Å²) < 4.78 is 2.08. The van der Waals surface area contributed by atoms with Crippen LogP contribution in [0.15, 0.2) is 18.3 Å². The molecule has 1 unspecified atom stereocenters. The maximum atomic E-state index is 10.3. The van der Waals surface area contributed by atoms with Gasteiger partial charge in [-0.1, -0.05) is 0 Å². The molecule has 2 N–H and O–H groups in total. The molecule has 1 aromatic rings. The van der Waals surface area contributed by atoms with Crippen molar-refractivity contribution in [2.24, 2.45) is 7.05 Å². The molecule has 78 valence electrons. The first kappa shape index (κ1) is 9.74. The summed E-state index contributed by atoms with van der Waals surface area (Å²) in [6.07, 6.45) is 4.75. The average molecular weight is 194 g/mol. The molecular weight excluding hydrogens is 176 g/mol. The second-order valence-electron chi connectivity index (χ2n) is 4.29. The van der Waals surface area contributed by atoms with Gasteiger partial charge in [0.05, 0.1) is 5.60 Å². The molecule has 0 radical (unpaired) electrons. The van der Waals surface area contributed by atoms with E-state index in [4.69, 9.17) is 0 Å². The van der Waals surface area contributed by atoms with Crippen LogP contribution in [0, 0.1) is 0 Å². The van der Waals surface area contributed by atoms with E-state index in [1.165, 1.54) is 5.69 Å². The summed E-state index contributed by atoms with van der Waals surface area (Å²) >= 11 is 0. The van der Waals surface area contributed by atoms with Crippen molar-refractivity contribution in [1.29, 1.82) is 0 Å². The van der Waals surface area contributed by atoms with E-state index in [2.05, 4.69) is 16.0 Å². The fourth-order valence-electron chi connectivity index (χ4n) is 2.12. The van der Waals surface area contributed by atoms with E-state index in [-0.39, 0.29) is 0 Å². The van der Waals surface area contributed by atoms with Crippen molar-refractivity contribution in [1.82, 2.24) is 9.88 Å². The number of aromatic nitrogens is 1. The summed E-state index contributed by atoms with van der Waals surface area (Å²) in [5.74, 6) is 0. The van der Waals surface area contributed by atoms with Crippen LogP contribution in [0.1, 0.15) is 18.5 Å². The van der Waals surface area contributed by atoms with Gasteiger partial charge in [-0.2, -0.15) is 0 Å². The van der Waals surface area contributed by atoms with E-state index >= 15 is 0 Å². The van der Waals surface area contributed by atoms with Crippen LogP contribution in [0.3, 0.4) is 0 Å². The topological polar surface area (TPSA) is 37.2 Å². The highest BCUT2D eigenvalue weighted by atomic mass is 16.3. The summed E-state index contributed by atoms with van der Waals surface area (Å²) in [5, 5.41) is 13.5. The number of hydrogen-bond acceptors (Lipinski definition) is 2. The normalized spacial score (nSPS) is 27.9. The van der Waals surface area contributed by atoms with Crippen molar-refractivity contribution in [2.75, 3.05) is 13.1 Å². The molecule has 0 amide bonds. The quantitative estimate of drug-likeness (QED) is 0.726. The molecule has 14 heavy (non-hydrogen) atoms. The smallest absolute Gasteiger partial charge is 0.0826 e. The Kier molecular flexibility index (Phi) is 2.61. The Hall–Kier alpha value is -0.800. The molecule has 0 aliphatic carbocycles. The number of rotatable bonds is 2. The van der Waals surface area contributed by atoms with E-state index in [0.717, 1.165) is 32.4 Å². The van der Waals surface area contributed by atoms with Gasteiger partial charge in [-0.25, -0.2) is 0 Å². The molecule has 2 heterocycles. The van der Waals surface area contributed by atoms with E-state index in [9.17, 15) is 5.11 Å². The van der Waals surface area contributed by atoms with Crippen LogP contribution in [-0.4, -0.2) is 28.4 Å². The molecule has 0 aromatic carbocycles. The van der Waals surface area contributed by atoms with Gasteiger partial charge < -0.3 is 15.0 Å². The van der Waals surface area contributed by atoms with E-state index in [0.29, 0.717) is 0 Å². The third kappa shape index (κ3) is 1.99. The van der Waals surface area contributed by atoms with Gasteiger partial charge in [0.15, 0.2) is 0 Å². The van der Waals surface area contributed by atoms with Crippen molar-refractivity contribution < 1.29 is 5.11 Å². The van der Waals surface area contributed by atoms with Gasteiger partial charge in [-0.05, 0) is 31.5 Å². The number of aryl methyl sites for hydroxylation is 1. The number of nitrogens with one attached hydrogen (secondary N) is 1. The first-order chi connectivity index (χ1) is 6.70. The van der Waals surface area contributed by atoms with Crippen LogP contribution < -0.4 is 5.32 Å².